The van der Waals surface area contributed by atoms with Crippen LogP contribution in [0.3, 0.4) is 0 Å². The average molecular weight is 637 g/mol. The first-order chi connectivity index (χ1) is 23.1. The summed E-state index contributed by atoms with van der Waals surface area (Å²) in [6.45, 7) is 4.19. The fourth-order valence-electron chi connectivity index (χ4n) is 5.01. The number of nitrogens with zero attached hydrogens (tertiary/aromatic N) is 6. The van der Waals surface area contributed by atoms with E-state index >= 15 is 0 Å². The van der Waals surface area contributed by atoms with E-state index < -0.39 is 9.85 Å². The maximum absolute atomic E-state index is 8.81. The van der Waals surface area contributed by atoms with Crippen LogP contribution in [0.15, 0.2) is 121 Å². The minimum atomic E-state index is -0.500. The van der Waals surface area contributed by atoms with E-state index in [0.717, 1.165) is 81.2 Å². The van der Waals surface area contributed by atoms with E-state index in [2.05, 4.69) is 86.6 Å². The van der Waals surface area contributed by atoms with Gasteiger partial charge < -0.3 is 0 Å². The molecule has 0 aliphatic carbocycles. The fourth-order valence-corrected chi connectivity index (χ4v) is 5.01. The fraction of sp³-hybridized carbons (Fsp3) is 0.105. The number of para-hydroxylation sites is 4. The van der Waals surface area contributed by atoms with Gasteiger partial charge in [0.05, 0.1) is 44.8 Å². The van der Waals surface area contributed by atoms with Crippen molar-refractivity contribution in [3.63, 3.8) is 0 Å². The third-order valence-corrected chi connectivity index (χ3v) is 7.22. The van der Waals surface area contributed by atoms with Crippen LogP contribution in [0, 0.1) is 34.1 Å². The Bertz CT molecular complexity index is 2050. The molecule has 7 rings (SSSR count). The van der Waals surface area contributed by atoms with Crippen molar-refractivity contribution in [2.24, 2.45) is 0 Å². The second kappa shape index (κ2) is 14.8. The van der Waals surface area contributed by atoms with Gasteiger partial charge in [-0.3, -0.25) is 20.2 Å². The zero-order valence-corrected chi connectivity index (χ0v) is 26.9. The summed E-state index contributed by atoms with van der Waals surface area (Å²) in [6.07, 6.45) is 0. The summed E-state index contributed by atoms with van der Waals surface area (Å²) < 4.78 is 0. The number of nitro groups is 2. The van der Waals surface area contributed by atoms with Gasteiger partial charge in [-0.15, -0.1) is 0 Å². The maximum atomic E-state index is 8.81. The molecular weight excluding hydrogens is 604 g/mol. The summed E-state index contributed by atoms with van der Waals surface area (Å²) in [5, 5.41) is 17.6. The molecule has 0 saturated carbocycles. The smallest absolute Gasteiger partial charge is 0.194 e. The van der Waals surface area contributed by atoms with Crippen molar-refractivity contribution >= 4 is 22.1 Å². The van der Waals surface area contributed by atoms with Crippen molar-refractivity contribution in [1.29, 1.82) is 0 Å². The standard InChI is InChI=1S/C36H26N4.2CH3NO2/c1-23-11-15-25(16-12-23)33-35(39-31-9-5-3-7-29(31)37-33)27-19-21-28(22-20-27)36-34(26-17-13-24(2)14-18-26)38-30-8-4-6-10-32(30)40-36;2*1-2(3)4/h3-22H,1-2H3;2*1H3. The molecule has 0 aliphatic rings. The van der Waals surface area contributed by atoms with Gasteiger partial charge in [0.15, 0.2) is 14.1 Å². The van der Waals surface area contributed by atoms with E-state index in [-0.39, 0.29) is 0 Å². The van der Waals surface area contributed by atoms with E-state index in [1.807, 2.05) is 48.5 Å². The van der Waals surface area contributed by atoms with E-state index in [1.54, 1.807) is 0 Å². The summed E-state index contributed by atoms with van der Waals surface area (Å²) in [5.41, 5.74) is 13.5. The molecule has 0 aliphatic heterocycles. The molecule has 7 aromatic rings. The topological polar surface area (TPSA) is 138 Å². The number of benzene rings is 5. The molecule has 0 spiro atoms. The summed E-state index contributed by atoms with van der Waals surface area (Å²) in [5.74, 6) is 0. The zero-order chi connectivity index (χ0) is 34.2. The van der Waals surface area contributed by atoms with Crippen molar-refractivity contribution in [3.05, 3.63) is 153 Å². The van der Waals surface area contributed by atoms with Crippen LogP contribution in [-0.2, 0) is 0 Å². The molecule has 0 saturated heterocycles. The molecule has 2 heterocycles. The van der Waals surface area contributed by atoms with Gasteiger partial charge >= 0.3 is 0 Å². The molecule has 0 unspecified atom stereocenters. The molecule has 0 N–H and O–H groups in total. The first-order valence-electron chi connectivity index (χ1n) is 15.0. The van der Waals surface area contributed by atoms with Gasteiger partial charge in [-0.2, -0.15) is 0 Å². The maximum Gasteiger partial charge on any atom is 0.194 e. The summed E-state index contributed by atoms with van der Waals surface area (Å²) in [6, 6.07) is 41.4. The Kier molecular flexibility index (Phi) is 10.1. The molecule has 2 aromatic heterocycles. The van der Waals surface area contributed by atoms with Gasteiger partial charge in [-0.1, -0.05) is 108 Å². The van der Waals surface area contributed by atoms with Crippen LogP contribution < -0.4 is 0 Å². The monoisotopic (exact) mass is 636 g/mol. The molecule has 0 amide bonds. The van der Waals surface area contributed by atoms with Gasteiger partial charge in [0.25, 0.3) is 0 Å². The Balaban J connectivity index is 0.000000510. The third-order valence-electron chi connectivity index (χ3n) is 7.22. The van der Waals surface area contributed by atoms with Crippen molar-refractivity contribution < 1.29 is 9.85 Å². The lowest BCUT2D eigenvalue weighted by molar-refractivity contribution is -0.445. The molecule has 10 heteroatoms. The molecule has 10 nitrogen and oxygen atoms in total. The zero-order valence-electron chi connectivity index (χ0n) is 26.9. The molecule has 0 bridgehead atoms. The lowest BCUT2D eigenvalue weighted by atomic mass is 9.99. The van der Waals surface area contributed by atoms with Gasteiger partial charge in [-0.25, -0.2) is 19.9 Å². The van der Waals surface area contributed by atoms with Crippen LogP contribution in [0.25, 0.3) is 67.1 Å². The Hall–Kier alpha value is -6.42. The number of fused-ring (bicyclic) bond motifs is 2. The van der Waals surface area contributed by atoms with Crippen molar-refractivity contribution in [3.8, 4) is 45.0 Å². The lowest BCUT2D eigenvalue weighted by Crippen LogP contribution is -1.97. The first-order valence-corrected chi connectivity index (χ1v) is 15.0. The lowest BCUT2D eigenvalue weighted by Gasteiger charge is -2.13. The van der Waals surface area contributed by atoms with Crippen molar-refractivity contribution in [1.82, 2.24) is 19.9 Å². The minimum absolute atomic E-state index is 0.500. The quantitative estimate of drug-likeness (QED) is 0.138. The number of aromatic nitrogens is 4. The molecule has 5 aromatic carbocycles. The van der Waals surface area contributed by atoms with Crippen molar-refractivity contribution in [2.45, 2.75) is 13.8 Å². The van der Waals surface area contributed by atoms with Crippen LogP contribution in [0.2, 0.25) is 0 Å². The highest BCUT2D eigenvalue weighted by molar-refractivity contribution is 5.89. The second-order valence-electron chi connectivity index (χ2n) is 11.0. The molecule has 0 atom stereocenters. The van der Waals surface area contributed by atoms with Crippen LogP contribution in [0.4, 0.5) is 0 Å². The predicted octanol–water partition coefficient (Wildman–Crippen LogP) is 8.64. The Labute approximate surface area is 277 Å². The number of hydrogen-bond acceptors (Lipinski definition) is 8. The van der Waals surface area contributed by atoms with Crippen LogP contribution in [0.5, 0.6) is 0 Å². The summed E-state index contributed by atoms with van der Waals surface area (Å²) in [4.78, 5) is 36.8. The molecule has 0 radical (unpaired) electrons. The van der Waals surface area contributed by atoms with Gasteiger partial charge in [0.1, 0.15) is 0 Å². The van der Waals surface area contributed by atoms with E-state index in [9.17, 15) is 0 Å². The summed E-state index contributed by atoms with van der Waals surface area (Å²) >= 11 is 0. The Morgan fingerprint density at radius 3 is 0.792 bits per heavy atom. The highest BCUT2D eigenvalue weighted by Gasteiger charge is 2.16. The number of rotatable bonds is 4. The Morgan fingerprint density at radius 2 is 0.583 bits per heavy atom. The van der Waals surface area contributed by atoms with E-state index in [4.69, 9.17) is 40.2 Å². The van der Waals surface area contributed by atoms with E-state index in [1.165, 1.54) is 11.1 Å². The van der Waals surface area contributed by atoms with Crippen LogP contribution in [0.1, 0.15) is 11.1 Å². The largest absolute Gasteiger partial charge is 0.265 e. The number of hydrogen-bond donors (Lipinski definition) is 0. The molecular formula is C38H32N6O4. The van der Waals surface area contributed by atoms with E-state index in [0.29, 0.717) is 0 Å². The van der Waals surface area contributed by atoms with Crippen LogP contribution >= 0.6 is 0 Å². The van der Waals surface area contributed by atoms with Crippen LogP contribution in [-0.4, -0.2) is 43.9 Å². The average Bonchev–Trinajstić information content (AvgIpc) is 3.07. The Morgan fingerprint density at radius 1 is 0.396 bits per heavy atom. The van der Waals surface area contributed by atoms with Crippen molar-refractivity contribution in [2.75, 3.05) is 14.1 Å². The molecule has 0 fully saturated rings. The molecule has 238 valence electrons. The highest BCUT2D eigenvalue weighted by atomic mass is 16.6. The minimum Gasteiger partial charge on any atom is -0.265 e. The SMILES string of the molecule is C[N+](=O)[O-].C[N+](=O)[O-].Cc1ccc(-c2nc3ccccc3nc2-c2ccc(-c3nc4ccccc4nc3-c3ccc(C)cc3)cc2)cc1. The predicted molar refractivity (Wildman–Crippen MR) is 190 cm³/mol. The first kappa shape index (κ1) is 33.0. The number of aryl methyl sites for hydroxylation is 2. The highest BCUT2D eigenvalue weighted by Crippen LogP contribution is 2.35. The normalized spacial score (nSPS) is 10.4. The van der Waals surface area contributed by atoms with Gasteiger partial charge in [0, 0.05) is 32.1 Å². The summed E-state index contributed by atoms with van der Waals surface area (Å²) in [7, 11) is 1.78. The second-order valence-corrected chi connectivity index (χ2v) is 11.0. The van der Waals surface area contributed by atoms with Gasteiger partial charge in [0.2, 0.25) is 0 Å². The van der Waals surface area contributed by atoms with Gasteiger partial charge in [-0.05, 0) is 38.1 Å². The molecule has 48 heavy (non-hydrogen) atoms. The third kappa shape index (κ3) is 8.04.